The van der Waals surface area contributed by atoms with Crippen molar-refractivity contribution in [2.45, 2.75) is 232 Å². The summed E-state index contributed by atoms with van der Waals surface area (Å²) in [6.07, 6.45) is 44.7. The second-order valence-corrected chi connectivity index (χ2v) is 14.7. The number of unbranched alkanes of at least 4 members (excludes halogenated alkanes) is 32. The third-order valence-electron chi connectivity index (χ3n) is 8.95. The monoisotopic (exact) mass is 631 g/mol. The van der Waals surface area contributed by atoms with E-state index in [4.69, 9.17) is 8.37 Å². The first-order valence-corrected chi connectivity index (χ1v) is 21.0. The van der Waals surface area contributed by atoms with Crippen molar-refractivity contribution in [2.75, 3.05) is 13.2 Å². The zero-order valence-electron chi connectivity index (χ0n) is 29.5. The van der Waals surface area contributed by atoms with Crippen molar-refractivity contribution in [3.05, 3.63) is 0 Å². The van der Waals surface area contributed by atoms with Crippen LogP contribution in [-0.4, -0.2) is 21.6 Å². The molecule has 0 fully saturated rings. The SMILES string of the molecule is CCCCCCCCCCCCCCCCCCCOS(=O)(=O)OCCCCCCCCCCCCCCCCCCC. The lowest BCUT2D eigenvalue weighted by Gasteiger charge is -2.07. The molecule has 0 rings (SSSR count). The predicted octanol–water partition coefficient (Wildman–Crippen LogP) is 13.6. The average Bonchev–Trinajstić information content (AvgIpc) is 3.00. The summed E-state index contributed by atoms with van der Waals surface area (Å²) < 4.78 is 33.9. The zero-order chi connectivity index (χ0) is 31.4. The molecule has 260 valence electrons. The maximum absolute atomic E-state index is 11.9. The molecule has 0 amide bonds. The highest BCUT2D eigenvalue weighted by atomic mass is 32.3. The van der Waals surface area contributed by atoms with E-state index in [1.54, 1.807) is 0 Å². The summed E-state index contributed by atoms with van der Waals surface area (Å²) >= 11 is 0. The largest absolute Gasteiger partial charge is 0.399 e. The molecule has 0 N–H and O–H groups in total. The molecular formula is C38H78O4S. The minimum atomic E-state index is -3.83. The molecule has 0 aromatic carbocycles. The first-order chi connectivity index (χ1) is 21.1. The van der Waals surface area contributed by atoms with E-state index in [0.29, 0.717) is 0 Å². The maximum Gasteiger partial charge on any atom is 0.399 e. The van der Waals surface area contributed by atoms with Gasteiger partial charge < -0.3 is 0 Å². The average molecular weight is 631 g/mol. The molecule has 0 unspecified atom stereocenters. The molecule has 4 nitrogen and oxygen atoms in total. The summed E-state index contributed by atoms with van der Waals surface area (Å²) in [5.74, 6) is 0. The predicted molar refractivity (Wildman–Crippen MR) is 189 cm³/mol. The molecule has 0 aliphatic carbocycles. The van der Waals surface area contributed by atoms with E-state index < -0.39 is 10.4 Å². The highest BCUT2D eigenvalue weighted by Gasteiger charge is 2.11. The Morgan fingerprint density at radius 3 is 0.628 bits per heavy atom. The van der Waals surface area contributed by atoms with E-state index in [0.717, 1.165) is 25.7 Å². The Kier molecular flexibility index (Phi) is 36.2. The third-order valence-corrected chi connectivity index (χ3v) is 9.86. The van der Waals surface area contributed by atoms with Crippen LogP contribution in [0.2, 0.25) is 0 Å². The van der Waals surface area contributed by atoms with Gasteiger partial charge in [0.05, 0.1) is 13.2 Å². The minimum absolute atomic E-state index is 0.250. The van der Waals surface area contributed by atoms with Crippen molar-refractivity contribution >= 4 is 10.4 Å². The molecule has 0 radical (unpaired) electrons. The lowest BCUT2D eigenvalue weighted by atomic mass is 10.0. The maximum atomic E-state index is 11.9. The van der Waals surface area contributed by atoms with Crippen LogP contribution in [0.5, 0.6) is 0 Å². The highest BCUT2D eigenvalue weighted by Crippen LogP contribution is 2.16. The summed E-state index contributed by atoms with van der Waals surface area (Å²) in [4.78, 5) is 0. The Morgan fingerprint density at radius 2 is 0.442 bits per heavy atom. The van der Waals surface area contributed by atoms with Gasteiger partial charge in [-0.3, -0.25) is 0 Å². The molecule has 0 aromatic heterocycles. The fourth-order valence-electron chi connectivity index (χ4n) is 6.01. The zero-order valence-corrected chi connectivity index (χ0v) is 30.3. The molecule has 0 saturated carbocycles. The van der Waals surface area contributed by atoms with Crippen molar-refractivity contribution in [3.8, 4) is 0 Å². The first-order valence-electron chi connectivity index (χ1n) is 19.7. The Labute approximate surface area is 272 Å². The Morgan fingerprint density at radius 1 is 0.279 bits per heavy atom. The Hall–Kier alpha value is -0.130. The molecule has 5 heteroatoms. The molecule has 0 aliphatic rings. The van der Waals surface area contributed by atoms with Gasteiger partial charge in [0, 0.05) is 0 Å². The van der Waals surface area contributed by atoms with E-state index in [1.165, 1.54) is 193 Å². The van der Waals surface area contributed by atoms with Gasteiger partial charge in [0.1, 0.15) is 0 Å². The topological polar surface area (TPSA) is 52.6 Å². The second kappa shape index (κ2) is 36.3. The van der Waals surface area contributed by atoms with Gasteiger partial charge in [0.2, 0.25) is 0 Å². The first kappa shape index (κ1) is 42.9. The van der Waals surface area contributed by atoms with Crippen molar-refractivity contribution in [2.24, 2.45) is 0 Å². The second-order valence-electron chi connectivity index (χ2n) is 13.4. The summed E-state index contributed by atoms with van der Waals surface area (Å²) in [5.41, 5.74) is 0. The van der Waals surface area contributed by atoms with Crippen LogP contribution in [0, 0.1) is 0 Å². The standard InChI is InChI=1S/C38H78O4S/c1-3-5-7-9-11-13-15-17-19-21-23-25-27-29-31-33-35-37-41-43(39,40)42-38-36-34-32-30-28-26-24-22-20-18-16-14-12-10-8-6-4-2/h3-38H2,1-2H3. The van der Waals surface area contributed by atoms with Gasteiger partial charge in [-0.2, -0.15) is 8.42 Å². The Balaban J connectivity index is 3.26. The molecule has 0 aromatic rings. The van der Waals surface area contributed by atoms with Crippen LogP contribution in [0.3, 0.4) is 0 Å². The van der Waals surface area contributed by atoms with Crippen molar-refractivity contribution in [1.82, 2.24) is 0 Å². The van der Waals surface area contributed by atoms with E-state index in [9.17, 15) is 8.42 Å². The molecule has 0 spiro atoms. The van der Waals surface area contributed by atoms with Crippen LogP contribution in [0.25, 0.3) is 0 Å². The van der Waals surface area contributed by atoms with Crippen LogP contribution in [0.15, 0.2) is 0 Å². The van der Waals surface area contributed by atoms with Crippen LogP contribution in [0.4, 0.5) is 0 Å². The van der Waals surface area contributed by atoms with E-state index >= 15 is 0 Å². The lowest BCUT2D eigenvalue weighted by molar-refractivity contribution is 0.208. The van der Waals surface area contributed by atoms with Gasteiger partial charge in [-0.25, -0.2) is 8.37 Å². The van der Waals surface area contributed by atoms with E-state index in [-0.39, 0.29) is 13.2 Å². The highest BCUT2D eigenvalue weighted by molar-refractivity contribution is 7.81. The summed E-state index contributed by atoms with van der Waals surface area (Å²) in [7, 11) is -3.83. The van der Waals surface area contributed by atoms with Crippen molar-refractivity contribution in [3.63, 3.8) is 0 Å². The lowest BCUT2D eigenvalue weighted by Crippen LogP contribution is -2.12. The fourth-order valence-corrected chi connectivity index (χ4v) is 6.72. The molecule has 0 aliphatic heterocycles. The molecular weight excluding hydrogens is 552 g/mol. The van der Waals surface area contributed by atoms with E-state index in [1.807, 2.05) is 0 Å². The van der Waals surface area contributed by atoms with Gasteiger partial charge in [0.25, 0.3) is 0 Å². The summed E-state index contributed by atoms with van der Waals surface area (Å²) in [6, 6.07) is 0. The molecule has 43 heavy (non-hydrogen) atoms. The van der Waals surface area contributed by atoms with Crippen molar-refractivity contribution < 1.29 is 16.8 Å². The number of rotatable bonds is 38. The molecule has 0 bridgehead atoms. The number of hydrogen-bond donors (Lipinski definition) is 0. The van der Waals surface area contributed by atoms with Crippen LogP contribution in [-0.2, 0) is 18.8 Å². The molecule has 0 atom stereocenters. The van der Waals surface area contributed by atoms with E-state index in [2.05, 4.69) is 13.8 Å². The normalized spacial score (nSPS) is 12.0. The van der Waals surface area contributed by atoms with Crippen LogP contribution >= 0.6 is 0 Å². The quantitative estimate of drug-likeness (QED) is 0.0637. The van der Waals surface area contributed by atoms with Gasteiger partial charge in [-0.15, -0.1) is 0 Å². The fraction of sp³-hybridized carbons (Fsp3) is 1.00. The van der Waals surface area contributed by atoms with Crippen LogP contribution in [0.1, 0.15) is 232 Å². The molecule has 0 heterocycles. The summed E-state index contributed by atoms with van der Waals surface area (Å²) in [6.45, 7) is 5.06. The van der Waals surface area contributed by atoms with Gasteiger partial charge >= 0.3 is 10.4 Å². The van der Waals surface area contributed by atoms with Gasteiger partial charge in [-0.1, -0.05) is 219 Å². The number of hydrogen-bond acceptors (Lipinski definition) is 4. The van der Waals surface area contributed by atoms with Crippen molar-refractivity contribution in [1.29, 1.82) is 0 Å². The smallest absolute Gasteiger partial charge is 0.248 e. The third kappa shape index (κ3) is 38.0. The summed E-state index contributed by atoms with van der Waals surface area (Å²) in [5, 5.41) is 0. The van der Waals surface area contributed by atoms with Crippen LogP contribution < -0.4 is 0 Å². The van der Waals surface area contributed by atoms with Gasteiger partial charge in [-0.05, 0) is 12.8 Å². The molecule has 0 saturated heterocycles. The Bertz CT molecular complexity index is 561. The van der Waals surface area contributed by atoms with Gasteiger partial charge in [0.15, 0.2) is 0 Å². The minimum Gasteiger partial charge on any atom is -0.248 e.